The van der Waals surface area contributed by atoms with Crippen molar-refractivity contribution in [1.29, 1.82) is 0 Å². The van der Waals surface area contributed by atoms with Crippen molar-refractivity contribution in [1.82, 2.24) is 15.5 Å². The minimum Gasteiger partial charge on any atom is -0.351 e. The molecule has 2 amide bonds. The molecule has 2 aliphatic rings. The number of benzene rings is 2. The van der Waals surface area contributed by atoms with Crippen molar-refractivity contribution < 1.29 is 14.0 Å². The smallest absolute Gasteiger partial charge is 0.252 e. The fourth-order valence-electron chi connectivity index (χ4n) is 4.28. The van der Waals surface area contributed by atoms with Gasteiger partial charge >= 0.3 is 0 Å². The van der Waals surface area contributed by atoms with Crippen LogP contribution in [-0.4, -0.2) is 55.1 Å². The molecule has 0 atom stereocenters. The monoisotopic (exact) mass is 522 g/mol. The Morgan fingerprint density at radius 2 is 1.93 bits per heavy atom. The van der Waals surface area contributed by atoms with Crippen LogP contribution in [0.1, 0.15) is 23.2 Å². The van der Waals surface area contributed by atoms with Gasteiger partial charge in [0.25, 0.3) is 5.91 Å². The highest BCUT2D eigenvalue weighted by Gasteiger charge is 2.50. The summed E-state index contributed by atoms with van der Waals surface area (Å²) in [7, 11) is 0. The second-order valence-corrected chi connectivity index (χ2v) is 8.84. The molecular weight excluding hydrogens is 498 g/mol. The molecule has 2 saturated heterocycles. The van der Waals surface area contributed by atoms with Crippen LogP contribution in [0.3, 0.4) is 0 Å². The SMILES string of the molecule is O=C(NCCN1CCC2(CC1)C(=O)NCN2c1cccc(F)c1)c1ccccc1I. The molecule has 0 saturated carbocycles. The number of amides is 2. The number of carbonyl (C=O) groups is 2. The minimum atomic E-state index is -0.631. The summed E-state index contributed by atoms with van der Waals surface area (Å²) >= 11 is 2.16. The number of rotatable bonds is 5. The first kappa shape index (κ1) is 21.0. The number of nitrogens with zero attached hydrogens (tertiary/aromatic N) is 2. The van der Waals surface area contributed by atoms with Gasteiger partial charge in [-0.2, -0.15) is 0 Å². The molecule has 0 aromatic heterocycles. The zero-order chi connectivity index (χ0) is 21.1. The van der Waals surface area contributed by atoms with Crippen LogP contribution >= 0.6 is 22.6 Å². The molecule has 30 heavy (non-hydrogen) atoms. The summed E-state index contributed by atoms with van der Waals surface area (Å²) < 4.78 is 14.6. The molecule has 0 bridgehead atoms. The third-order valence-electron chi connectivity index (χ3n) is 5.97. The van der Waals surface area contributed by atoms with E-state index in [1.165, 1.54) is 12.1 Å². The number of halogens is 2. The molecule has 2 heterocycles. The van der Waals surface area contributed by atoms with Gasteiger partial charge in [-0.1, -0.05) is 18.2 Å². The second kappa shape index (κ2) is 8.89. The van der Waals surface area contributed by atoms with Crippen molar-refractivity contribution >= 4 is 40.1 Å². The summed E-state index contributed by atoms with van der Waals surface area (Å²) in [5.41, 5.74) is 0.781. The molecule has 0 unspecified atom stereocenters. The molecule has 0 radical (unpaired) electrons. The molecule has 0 aliphatic carbocycles. The van der Waals surface area contributed by atoms with Crippen molar-refractivity contribution in [3.05, 3.63) is 63.5 Å². The molecule has 8 heteroatoms. The fraction of sp³-hybridized carbons (Fsp3) is 0.364. The van der Waals surface area contributed by atoms with Gasteiger partial charge in [-0.25, -0.2) is 4.39 Å². The van der Waals surface area contributed by atoms with Crippen LogP contribution in [-0.2, 0) is 4.79 Å². The van der Waals surface area contributed by atoms with Crippen LogP contribution in [0.2, 0.25) is 0 Å². The summed E-state index contributed by atoms with van der Waals surface area (Å²) in [5.74, 6) is -0.359. The Labute approximate surface area is 188 Å². The van der Waals surface area contributed by atoms with Crippen LogP contribution in [0.15, 0.2) is 48.5 Å². The van der Waals surface area contributed by atoms with Gasteiger partial charge in [-0.05, 0) is 65.8 Å². The first-order valence-corrected chi connectivity index (χ1v) is 11.1. The molecule has 2 N–H and O–H groups in total. The first-order valence-electron chi connectivity index (χ1n) is 10.1. The summed E-state index contributed by atoms with van der Waals surface area (Å²) in [4.78, 5) is 29.3. The Morgan fingerprint density at radius 3 is 2.67 bits per heavy atom. The maximum absolute atomic E-state index is 13.7. The third kappa shape index (κ3) is 4.15. The molecule has 2 fully saturated rings. The Bertz CT molecular complexity index is 946. The van der Waals surface area contributed by atoms with Gasteiger partial charge in [0.2, 0.25) is 5.91 Å². The van der Waals surface area contributed by atoms with Gasteiger partial charge in [-0.15, -0.1) is 0 Å². The van der Waals surface area contributed by atoms with E-state index in [4.69, 9.17) is 0 Å². The fourth-order valence-corrected chi connectivity index (χ4v) is 4.92. The van der Waals surface area contributed by atoms with Crippen molar-refractivity contribution in [2.75, 3.05) is 37.7 Å². The van der Waals surface area contributed by atoms with Crippen molar-refractivity contribution in [3.8, 4) is 0 Å². The van der Waals surface area contributed by atoms with E-state index in [0.29, 0.717) is 31.6 Å². The highest BCUT2D eigenvalue weighted by atomic mass is 127. The van der Waals surface area contributed by atoms with Crippen LogP contribution in [0.25, 0.3) is 0 Å². The lowest BCUT2D eigenvalue weighted by atomic mass is 9.85. The number of carbonyl (C=O) groups excluding carboxylic acids is 2. The molecule has 1 spiro atoms. The number of piperidine rings is 1. The van der Waals surface area contributed by atoms with Gasteiger partial charge in [0.05, 0.1) is 12.2 Å². The number of likely N-dealkylation sites (tertiary alicyclic amines) is 1. The average Bonchev–Trinajstić information content (AvgIpc) is 3.05. The van der Waals surface area contributed by atoms with Gasteiger partial charge in [-0.3, -0.25) is 9.59 Å². The van der Waals surface area contributed by atoms with Crippen LogP contribution < -0.4 is 15.5 Å². The van der Waals surface area contributed by atoms with Gasteiger partial charge < -0.3 is 20.4 Å². The van der Waals surface area contributed by atoms with E-state index in [9.17, 15) is 14.0 Å². The number of anilines is 1. The average molecular weight is 522 g/mol. The zero-order valence-corrected chi connectivity index (χ0v) is 18.7. The Balaban J connectivity index is 1.33. The van der Waals surface area contributed by atoms with E-state index in [1.807, 2.05) is 35.2 Å². The largest absolute Gasteiger partial charge is 0.351 e. The summed E-state index contributed by atoms with van der Waals surface area (Å²) in [5, 5.41) is 5.91. The molecule has 4 rings (SSSR count). The van der Waals surface area contributed by atoms with Crippen LogP contribution in [0.4, 0.5) is 10.1 Å². The first-order chi connectivity index (χ1) is 14.5. The molecule has 2 aromatic carbocycles. The predicted molar refractivity (Wildman–Crippen MR) is 122 cm³/mol. The maximum atomic E-state index is 13.7. The standard InChI is InChI=1S/C22H24FIN4O2/c23-16-4-3-5-17(14-16)28-15-26-21(30)22(28)8-11-27(12-9-22)13-10-25-20(29)18-6-1-2-7-19(18)24/h1-7,14H,8-13,15H2,(H,25,29)(H,26,30). The van der Waals surface area contributed by atoms with Gasteiger partial charge in [0.1, 0.15) is 11.4 Å². The summed E-state index contributed by atoms with van der Waals surface area (Å²) in [6.45, 7) is 3.17. The maximum Gasteiger partial charge on any atom is 0.252 e. The van der Waals surface area contributed by atoms with Crippen molar-refractivity contribution in [2.24, 2.45) is 0 Å². The van der Waals surface area contributed by atoms with Gasteiger partial charge in [0.15, 0.2) is 0 Å². The van der Waals surface area contributed by atoms with E-state index in [-0.39, 0.29) is 17.6 Å². The van der Waals surface area contributed by atoms with Crippen molar-refractivity contribution in [3.63, 3.8) is 0 Å². The van der Waals surface area contributed by atoms with E-state index in [2.05, 4.69) is 38.1 Å². The number of hydrogen-bond donors (Lipinski definition) is 2. The number of hydrogen-bond acceptors (Lipinski definition) is 4. The zero-order valence-electron chi connectivity index (χ0n) is 16.5. The Kier molecular flexibility index (Phi) is 6.24. The molecular formula is C22H24FIN4O2. The highest BCUT2D eigenvalue weighted by molar-refractivity contribution is 14.1. The highest BCUT2D eigenvalue weighted by Crippen LogP contribution is 2.36. The second-order valence-electron chi connectivity index (χ2n) is 7.68. The lowest BCUT2D eigenvalue weighted by Crippen LogP contribution is -2.57. The van der Waals surface area contributed by atoms with Crippen LogP contribution in [0, 0.1) is 9.39 Å². The lowest BCUT2D eigenvalue weighted by Gasteiger charge is -2.43. The Hall–Kier alpha value is -2.20. The van der Waals surface area contributed by atoms with Gasteiger partial charge in [0, 0.05) is 35.4 Å². The van der Waals surface area contributed by atoms with Crippen molar-refractivity contribution in [2.45, 2.75) is 18.4 Å². The van der Waals surface area contributed by atoms with E-state index in [1.54, 1.807) is 6.07 Å². The normalized spacial score (nSPS) is 18.5. The summed E-state index contributed by atoms with van der Waals surface area (Å²) in [6, 6.07) is 13.9. The molecule has 6 nitrogen and oxygen atoms in total. The van der Waals surface area contributed by atoms with E-state index < -0.39 is 5.54 Å². The quantitative estimate of drug-likeness (QED) is 0.593. The summed E-state index contributed by atoms with van der Waals surface area (Å²) in [6.07, 6.45) is 1.33. The molecule has 2 aromatic rings. The molecule has 2 aliphatic heterocycles. The van der Waals surface area contributed by atoms with E-state index in [0.717, 1.165) is 28.9 Å². The molecule has 158 valence electrons. The van der Waals surface area contributed by atoms with E-state index >= 15 is 0 Å². The van der Waals surface area contributed by atoms with Crippen LogP contribution in [0.5, 0.6) is 0 Å². The third-order valence-corrected chi connectivity index (χ3v) is 6.91. The lowest BCUT2D eigenvalue weighted by molar-refractivity contribution is -0.125. The topological polar surface area (TPSA) is 64.7 Å². The predicted octanol–water partition coefficient (Wildman–Crippen LogP) is 2.59. The Morgan fingerprint density at radius 1 is 1.17 bits per heavy atom. The minimum absolute atomic E-state index is 0.0124. The number of nitrogens with one attached hydrogen (secondary N) is 2.